The van der Waals surface area contributed by atoms with E-state index in [1.807, 2.05) is 41.3 Å². The van der Waals surface area contributed by atoms with Gasteiger partial charge in [0.2, 0.25) is 11.7 Å². The third kappa shape index (κ3) is 3.35. The molecule has 0 unspecified atom stereocenters. The average Bonchev–Trinajstić information content (AvgIpc) is 3.33. The van der Waals surface area contributed by atoms with Gasteiger partial charge in [-0.3, -0.25) is 0 Å². The molecule has 0 N–H and O–H groups in total. The van der Waals surface area contributed by atoms with Gasteiger partial charge in [0.25, 0.3) is 0 Å². The summed E-state index contributed by atoms with van der Waals surface area (Å²) in [4.78, 5) is 11.0. The number of likely N-dealkylation sites (tertiary alicyclic amines) is 1. The van der Waals surface area contributed by atoms with Crippen molar-refractivity contribution in [2.75, 3.05) is 19.6 Å². The number of benzene rings is 1. The maximum Gasteiger partial charge on any atom is 0.228 e. The van der Waals surface area contributed by atoms with Gasteiger partial charge in [0, 0.05) is 31.6 Å². The molecule has 2 aromatic heterocycles. The van der Waals surface area contributed by atoms with Crippen LogP contribution in [-0.2, 0) is 6.42 Å². The number of rotatable bonds is 5. The van der Waals surface area contributed by atoms with Crippen LogP contribution >= 0.6 is 0 Å². The second-order valence-electron chi connectivity index (χ2n) is 6.08. The maximum atomic E-state index is 5.38. The highest BCUT2D eigenvalue weighted by molar-refractivity contribution is 5.53. The summed E-state index contributed by atoms with van der Waals surface area (Å²) >= 11 is 0. The van der Waals surface area contributed by atoms with Crippen molar-refractivity contribution >= 4 is 0 Å². The van der Waals surface area contributed by atoms with Crippen LogP contribution in [0.25, 0.3) is 11.4 Å². The van der Waals surface area contributed by atoms with Crippen LogP contribution in [0, 0.1) is 0 Å². The first kappa shape index (κ1) is 15.0. The summed E-state index contributed by atoms with van der Waals surface area (Å²) in [5, 5.41) is 8.32. The predicted molar refractivity (Wildman–Crippen MR) is 88.2 cm³/mol. The van der Waals surface area contributed by atoms with E-state index in [2.05, 4.69) is 25.1 Å². The first-order valence-corrected chi connectivity index (χ1v) is 8.33. The molecule has 0 atom stereocenters. The van der Waals surface area contributed by atoms with Gasteiger partial charge >= 0.3 is 0 Å². The third-order valence-electron chi connectivity index (χ3n) is 4.51. The SMILES string of the molecule is c1ccc(-c2noc(CCN3CCC(n4cncn4)CC3)n2)cc1. The zero-order valence-electron chi connectivity index (χ0n) is 13.5. The third-order valence-corrected chi connectivity index (χ3v) is 4.51. The largest absolute Gasteiger partial charge is 0.339 e. The summed E-state index contributed by atoms with van der Waals surface area (Å²) in [6.45, 7) is 3.06. The minimum atomic E-state index is 0.469. The molecule has 3 heterocycles. The first-order chi connectivity index (χ1) is 11.9. The van der Waals surface area contributed by atoms with Gasteiger partial charge in [0.05, 0.1) is 6.04 Å². The normalized spacial score (nSPS) is 16.5. The molecule has 7 heteroatoms. The zero-order valence-corrected chi connectivity index (χ0v) is 13.5. The maximum absolute atomic E-state index is 5.38. The molecule has 0 amide bonds. The van der Waals surface area contributed by atoms with E-state index in [1.165, 1.54) is 0 Å². The summed E-state index contributed by atoms with van der Waals surface area (Å²) < 4.78 is 7.35. The Hall–Kier alpha value is -2.54. The summed E-state index contributed by atoms with van der Waals surface area (Å²) in [6, 6.07) is 10.4. The Morgan fingerprint density at radius 1 is 1.12 bits per heavy atom. The highest BCUT2D eigenvalue weighted by Gasteiger charge is 2.21. The summed E-state index contributed by atoms with van der Waals surface area (Å²) in [7, 11) is 0. The van der Waals surface area contributed by atoms with Crippen molar-refractivity contribution in [1.82, 2.24) is 29.8 Å². The van der Waals surface area contributed by atoms with Gasteiger partial charge in [-0.25, -0.2) is 9.67 Å². The second kappa shape index (κ2) is 6.92. The topological polar surface area (TPSA) is 72.9 Å². The van der Waals surface area contributed by atoms with Crippen LogP contribution in [-0.4, -0.2) is 49.4 Å². The summed E-state index contributed by atoms with van der Waals surface area (Å²) in [5.74, 6) is 1.36. The van der Waals surface area contributed by atoms with Crippen molar-refractivity contribution in [3.05, 3.63) is 48.9 Å². The van der Waals surface area contributed by atoms with Gasteiger partial charge in [-0.2, -0.15) is 10.1 Å². The molecule has 1 fully saturated rings. The van der Waals surface area contributed by atoms with Crippen LogP contribution < -0.4 is 0 Å². The Labute approximate surface area is 140 Å². The van der Waals surface area contributed by atoms with Crippen LogP contribution in [0.4, 0.5) is 0 Å². The van der Waals surface area contributed by atoms with Crippen molar-refractivity contribution in [3.63, 3.8) is 0 Å². The average molecular weight is 324 g/mol. The molecule has 124 valence electrons. The number of nitrogens with zero attached hydrogens (tertiary/aromatic N) is 6. The van der Waals surface area contributed by atoms with Gasteiger partial charge < -0.3 is 9.42 Å². The number of piperidine rings is 1. The highest BCUT2D eigenvalue weighted by Crippen LogP contribution is 2.21. The molecule has 1 aliphatic heterocycles. The van der Waals surface area contributed by atoms with Gasteiger partial charge in [-0.1, -0.05) is 35.5 Å². The molecular weight excluding hydrogens is 304 g/mol. The minimum absolute atomic E-state index is 0.469. The minimum Gasteiger partial charge on any atom is -0.339 e. The predicted octanol–water partition coefficient (Wildman–Crippen LogP) is 2.21. The van der Waals surface area contributed by atoms with Gasteiger partial charge in [0.15, 0.2) is 0 Å². The first-order valence-electron chi connectivity index (χ1n) is 8.33. The summed E-state index contributed by atoms with van der Waals surface area (Å²) in [5.41, 5.74) is 0.987. The number of hydrogen-bond acceptors (Lipinski definition) is 6. The smallest absolute Gasteiger partial charge is 0.228 e. The van der Waals surface area contributed by atoms with E-state index in [0.717, 1.165) is 44.5 Å². The van der Waals surface area contributed by atoms with Gasteiger partial charge in [0.1, 0.15) is 12.7 Å². The van der Waals surface area contributed by atoms with Crippen molar-refractivity contribution in [1.29, 1.82) is 0 Å². The molecule has 1 aromatic carbocycles. The van der Waals surface area contributed by atoms with Crippen molar-refractivity contribution in [2.45, 2.75) is 25.3 Å². The molecule has 7 nitrogen and oxygen atoms in total. The lowest BCUT2D eigenvalue weighted by Gasteiger charge is -2.31. The van der Waals surface area contributed by atoms with Gasteiger partial charge in [-0.15, -0.1) is 0 Å². The summed E-state index contributed by atoms with van der Waals surface area (Å²) in [6.07, 6.45) is 6.40. The quantitative estimate of drug-likeness (QED) is 0.716. The van der Waals surface area contributed by atoms with Crippen molar-refractivity contribution in [3.8, 4) is 11.4 Å². The van der Waals surface area contributed by atoms with E-state index in [0.29, 0.717) is 17.8 Å². The molecule has 0 spiro atoms. The van der Waals surface area contributed by atoms with E-state index in [-0.39, 0.29) is 0 Å². The van der Waals surface area contributed by atoms with E-state index < -0.39 is 0 Å². The zero-order chi connectivity index (χ0) is 16.2. The molecule has 0 bridgehead atoms. The molecule has 1 aliphatic rings. The molecule has 0 saturated carbocycles. The van der Waals surface area contributed by atoms with Crippen molar-refractivity contribution < 1.29 is 4.52 Å². The Morgan fingerprint density at radius 2 is 1.96 bits per heavy atom. The Morgan fingerprint density at radius 3 is 2.71 bits per heavy atom. The lowest BCUT2D eigenvalue weighted by Crippen LogP contribution is -2.36. The Kier molecular flexibility index (Phi) is 4.33. The van der Waals surface area contributed by atoms with E-state index in [1.54, 1.807) is 6.33 Å². The van der Waals surface area contributed by atoms with Crippen LogP contribution in [0.2, 0.25) is 0 Å². The number of hydrogen-bond donors (Lipinski definition) is 0. The molecule has 3 aromatic rings. The second-order valence-corrected chi connectivity index (χ2v) is 6.08. The van der Waals surface area contributed by atoms with Crippen molar-refractivity contribution in [2.24, 2.45) is 0 Å². The molecule has 1 saturated heterocycles. The fourth-order valence-corrected chi connectivity index (χ4v) is 3.13. The monoisotopic (exact) mass is 324 g/mol. The highest BCUT2D eigenvalue weighted by atomic mass is 16.5. The van der Waals surface area contributed by atoms with E-state index in [4.69, 9.17) is 4.52 Å². The molecular formula is C17H20N6O. The van der Waals surface area contributed by atoms with Crippen LogP contribution in [0.1, 0.15) is 24.8 Å². The van der Waals surface area contributed by atoms with Gasteiger partial charge in [-0.05, 0) is 12.8 Å². The molecule has 4 rings (SSSR count). The lowest BCUT2D eigenvalue weighted by atomic mass is 10.1. The molecule has 0 aliphatic carbocycles. The Bertz CT molecular complexity index is 747. The van der Waals surface area contributed by atoms with Crippen LogP contribution in [0.5, 0.6) is 0 Å². The number of aromatic nitrogens is 5. The van der Waals surface area contributed by atoms with E-state index in [9.17, 15) is 0 Å². The van der Waals surface area contributed by atoms with E-state index >= 15 is 0 Å². The Balaban J connectivity index is 1.28. The van der Waals surface area contributed by atoms with Crippen LogP contribution in [0.15, 0.2) is 47.5 Å². The van der Waals surface area contributed by atoms with Crippen LogP contribution in [0.3, 0.4) is 0 Å². The molecule has 0 radical (unpaired) electrons. The fourth-order valence-electron chi connectivity index (χ4n) is 3.13. The lowest BCUT2D eigenvalue weighted by molar-refractivity contribution is 0.177. The fraction of sp³-hybridized carbons (Fsp3) is 0.412. The standard InChI is InChI=1S/C17H20N6O/c1-2-4-14(5-3-1)17-20-16(24-21-17)8-11-22-9-6-15(7-10-22)23-13-18-12-19-23/h1-5,12-13,15H,6-11H2. The molecule has 24 heavy (non-hydrogen) atoms.